The van der Waals surface area contributed by atoms with Gasteiger partial charge in [-0.05, 0) is 25.7 Å². The second kappa shape index (κ2) is 4.79. The van der Waals surface area contributed by atoms with Crippen LogP contribution in [0.4, 0.5) is 0 Å². The predicted octanol–water partition coefficient (Wildman–Crippen LogP) is -1.12. The molecule has 1 saturated heterocycles. The molecule has 1 atom stereocenters. The molecule has 1 unspecified atom stereocenters. The molecule has 0 spiro atoms. The Morgan fingerprint density at radius 3 is 2.50 bits per heavy atom. The lowest BCUT2D eigenvalue weighted by Crippen LogP contribution is -2.62. The van der Waals surface area contributed by atoms with Crippen molar-refractivity contribution in [1.29, 1.82) is 0 Å². The van der Waals surface area contributed by atoms with Gasteiger partial charge in [0.2, 0.25) is 5.91 Å². The first-order chi connectivity index (χ1) is 8.38. The highest BCUT2D eigenvalue weighted by molar-refractivity contribution is 7.91. The Morgan fingerprint density at radius 1 is 1.44 bits per heavy atom. The minimum Gasteiger partial charge on any atom is -0.395 e. The van der Waals surface area contributed by atoms with Crippen LogP contribution in [-0.2, 0) is 14.6 Å². The number of aliphatic hydroxyl groups excluding tert-OH is 1. The summed E-state index contributed by atoms with van der Waals surface area (Å²) in [4.78, 5) is 13.8. The van der Waals surface area contributed by atoms with Crippen molar-refractivity contribution in [3.63, 3.8) is 0 Å². The molecule has 7 heteroatoms. The lowest BCUT2D eigenvalue weighted by molar-refractivity contribution is -0.142. The number of rotatable bonds is 4. The topological polar surface area (TPSA) is 101 Å². The zero-order chi connectivity index (χ0) is 13.4. The zero-order valence-electron chi connectivity index (χ0n) is 10.3. The minimum atomic E-state index is -3.04. The lowest BCUT2D eigenvalue weighted by Gasteiger charge is -2.42. The average Bonchev–Trinajstić information content (AvgIpc) is 2.62. The van der Waals surface area contributed by atoms with Crippen LogP contribution in [0.3, 0.4) is 0 Å². The summed E-state index contributed by atoms with van der Waals surface area (Å²) >= 11 is 0. The molecule has 0 bridgehead atoms. The molecule has 3 N–H and O–H groups in total. The van der Waals surface area contributed by atoms with Crippen molar-refractivity contribution in [1.82, 2.24) is 4.90 Å². The van der Waals surface area contributed by atoms with E-state index in [0.29, 0.717) is 19.3 Å². The number of amides is 1. The Kier molecular flexibility index (Phi) is 3.66. The first kappa shape index (κ1) is 13.8. The summed E-state index contributed by atoms with van der Waals surface area (Å²) in [5.74, 6) is -0.0934. The highest BCUT2D eigenvalue weighted by atomic mass is 32.2. The Balaban J connectivity index is 2.11. The van der Waals surface area contributed by atoms with Crippen molar-refractivity contribution in [3.05, 3.63) is 0 Å². The maximum Gasteiger partial charge on any atom is 0.243 e. The third kappa shape index (κ3) is 2.53. The summed E-state index contributed by atoms with van der Waals surface area (Å²) in [5.41, 5.74) is 5.16. The van der Waals surface area contributed by atoms with Crippen LogP contribution in [-0.4, -0.2) is 60.6 Å². The van der Waals surface area contributed by atoms with Gasteiger partial charge in [-0.15, -0.1) is 0 Å². The van der Waals surface area contributed by atoms with Gasteiger partial charge in [0, 0.05) is 12.6 Å². The summed E-state index contributed by atoms with van der Waals surface area (Å²) in [6.07, 6.45) is 2.67. The van der Waals surface area contributed by atoms with Gasteiger partial charge >= 0.3 is 0 Å². The van der Waals surface area contributed by atoms with E-state index < -0.39 is 15.4 Å². The molecule has 1 heterocycles. The Labute approximate surface area is 107 Å². The number of nitrogens with zero attached hydrogens (tertiary/aromatic N) is 1. The standard InChI is InChI=1S/C11H20N2O4S/c12-11(3-1-4-11)10(15)13(5-6-14)9-2-7-18(16,17)8-9/h9,14H,1-8,12H2. The number of hydrogen-bond donors (Lipinski definition) is 2. The summed E-state index contributed by atoms with van der Waals surface area (Å²) in [6, 6.07) is -0.323. The third-order valence-corrected chi connectivity index (χ3v) is 5.67. The zero-order valence-corrected chi connectivity index (χ0v) is 11.2. The molecule has 2 fully saturated rings. The van der Waals surface area contributed by atoms with Crippen molar-refractivity contribution in [3.8, 4) is 0 Å². The number of hydrogen-bond acceptors (Lipinski definition) is 5. The molecule has 2 aliphatic rings. The van der Waals surface area contributed by atoms with Crippen molar-refractivity contribution >= 4 is 15.7 Å². The van der Waals surface area contributed by atoms with E-state index >= 15 is 0 Å². The van der Waals surface area contributed by atoms with Crippen molar-refractivity contribution in [2.24, 2.45) is 5.73 Å². The molecule has 0 aromatic heterocycles. The summed E-state index contributed by atoms with van der Waals surface area (Å²) < 4.78 is 22.9. The molecule has 104 valence electrons. The number of carbonyl (C=O) groups is 1. The van der Waals surface area contributed by atoms with Crippen LogP contribution in [0.5, 0.6) is 0 Å². The summed E-state index contributed by atoms with van der Waals surface area (Å²) in [6.45, 7) is -0.00363. The van der Waals surface area contributed by atoms with E-state index in [0.717, 1.165) is 6.42 Å². The quantitative estimate of drug-likeness (QED) is 0.677. The number of aliphatic hydroxyl groups is 1. The van der Waals surface area contributed by atoms with Gasteiger partial charge in [-0.3, -0.25) is 4.79 Å². The molecular weight excluding hydrogens is 256 g/mol. The first-order valence-electron chi connectivity index (χ1n) is 6.29. The molecule has 0 radical (unpaired) electrons. The van der Waals surface area contributed by atoms with Crippen LogP contribution in [0.15, 0.2) is 0 Å². The van der Waals surface area contributed by atoms with Crippen molar-refractivity contribution < 1.29 is 18.3 Å². The van der Waals surface area contributed by atoms with E-state index in [2.05, 4.69) is 0 Å². The van der Waals surface area contributed by atoms with Gasteiger partial charge in [-0.1, -0.05) is 0 Å². The maximum absolute atomic E-state index is 12.3. The van der Waals surface area contributed by atoms with Crippen LogP contribution in [0.1, 0.15) is 25.7 Å². The SMILES string of the molecule is NC1(C(=O)N(CCO)C2CCS(=O)(=O)C2)CCC1. The van der Waals surface area contributed by atoms with E-state index in [4.69, 9.17) is 10.8 Å². The Hall–Kier alpha value is -0.660. The normalized spacial score (nSPS) is 28.7. The van der Waals surface area contributed by atoms with Crippen molar-refractivity contribution in [2.75, 3.05) is 24.7 Å². The van der Waals surface area contributed by atoms with Gasteiger partial charge < -0.3 is 15.7 Å². The van der Waals surface area contributed by atoms with E-state index in [1.54, 1.807) is 0 Å². The molecular formula is C11H20N2O4S. The van der Waals surface area contributed by atoms with E-state index in [1.807, 2.05) is 0 Å². The van der Waals surface area contributed by atoms with Gasteiger partial charge in [0.25, 0.3) is 0 Å². The van der Waals surface area contributed by atoms with Gasteiger partial charge in [-0.2, -0.15) is 0 Å². The second-order valence-electron chi connectivity index (χ2n) is 5.29. The lowest BCUT2D eigenvalue weighted by atomic mass is 9.76. The molecule has 0 aromatic carbocycles. The van der Waals surface area contributed by atoms with Crippen LogP contribution in [0, 0.1) is 0 Å². The number of sulfone groups is 1. The molecule has 1 amide bonds. The van der Waals surface area contributed by atoms with Crippen LogP contribution in [0.2, 0.25) is 0 Å². The van der Waals surface area contributed by atoms with Crippen LogP contribution < -0.4 is 5.73 Å². The minimum absolute atomic E-state index is 0.00514. The smallest absolute Gasteiger partial charge is 0.243 e. The van der Waals surface area contributed by atoms with Gasteiger partial charge in [0.15, 0.2) is 9.84 Å². The highest BCUT2D eigenvalue weighted by Crippen LogP contribution is 2.32. The first-order valence-corrected chi connectivity index (χ1v) is 8.11. The molecule has 1 saturated carbocycles. The number of carbonyl (C=O) groups excluding carboxylic acids is 1. The fourth-order valence-corrected chi connectivity index (χ4v) is 4.37. The van der Waals surface area contributed by atoms with E-state index in [-0.39, 0.29) is 36.6 Å². The highest BCUT2D eigenvalue weighted by Gasteiger charge is 2.45. The third-order valence-electron chi connectivity index (χ3n) is 3.92. The van der Waals surface area contributed by atoms with Crippen molar-refractivity contribution in [2.45, 2.75) is 37.3 Å². The molecule has 0 aromatic rings. The van der Waals surface area contributed by atoms with Crippen LogP contribution >= 0.6 is 0 Å². The monoisotopic (exact) mass is 276 g/mol. The van der Waals surface area contributed by atoms with Gasteiger partial charge in [0.05, 0.1) is 23.7 Å². The van der Waals surface area contributed by atoms with E-state index in [9.17, 15) is 13.2 Å². The van der Waals surface area contributed by atoms with E-state index in [1.165, 1.54) is 4.90 Å². The Morgan fingerprint density at radius 2 is 2.11 bits per heavy atom. The van der Waals surface area contributed by atoms with Gasteiger partial charge in [-0.25, -0.2) is 8.42 Å². The molecule has 1 aliphatic carbocycles. The number of nitrogens with two attached hydrogens (primary N) is 1. The molecule has 1 aliphatic heterocycles. The molecule has 2 rings (SSSR count). The maximum atomic E-state index is 12.3. The van der Waals surface area contributed by atoms with Crippen LogP contribution in [0.25, 0.3) is 0 Å². The largest absolute Gasteiger partial charge is 0.395 e. The molecule has 6 nitrogen and oxygen atoms in total. The van der Waals surface area contributed by atoms with Gasteiger partial charge in [0.1, 0.15) is 0 Å². The fourth-order valence-electron chi connectivity index (χ4n) is 2.64. The summed E-state index contributed by atoms with van der Waals surface area (Å²) in [5, 5.41) is 9.05. The average molecular weight is 276 g/mol. The Bertz CT molecular complexity index is 430. The fraction of sp³-hybridized carbons (Fsp3) is 0.909. The predicted molar refractivity (Wildman–Crippen MR) is 66.6 cm³/mol. The molecule has 18 heavy (non-hydrogen) atoms. The second-order valence-corrected chi connectivity index (χ2v) is 7.52. The summed E-state index contributed by atoms with van der Waals surface area (Å²) in [7, 11) is -3.04.